The van der Waals surface area contributed by atoms with Crippen LogP contribution < -0.4 is 0 Å². The fourth-order valence-corrected chi connectivity index (χ4v) is 2.04. The van der Waals surface area contributed by atoms with Gasteiger partial charge in [-0.15, -0.1) is 0 Å². The molecule has 2 nitrogen and oxygen atoms in total. The molecule has 1 heterocycles. The molecule has 1 saturated heterocycles. The number of aryl methyl sites for hydroxylation is 1. The minimum absolute atomic E-state index is 0.146. The topological polar surface area (TPSA) is 12.5 Å². The van der Waals surface area contributed by atoms with Crippen LogP contribution >= 0.6 is 0 Å². The lowest BCUT2D eigenvalue weighted by Gasteiger charge is -2.26. The average Bonchev–Trinajstić information content (AvgIpc) is 2.29. The van der Waals surface area contributed by atoms with Crippen molar-refractivity contribution in [2.75, 3.05) is 32.8 Å². The first kappa shape index (κ1) is 11.6. The van der Waals surface area contributed by atoms with Gasteiger partial charge in [0.25, 0.3) is 0 Å². The van der Waals surface area contributed by atoms with Crippen molar-refractivity contribution in [1.82, 2.24) is 4.90 Å². The molecular weight excluding hydrogens is 205 g/mol. The molecule has 0 aliphatic carbocycles. The third-order valence-electron chi connectivity index (χ3n) is 3.11. The molecule has 3 heteroatoms. The number of morpholine rings is 1. The summed E-state index contributed by atoms with van der Waals surface area (Å²) in [7, 11) is 0. The van der Waals surface area contributed by atoms with Crippen molar-refractivity contribution in [1.29, 1.82) is 0 Å². The number of benzene rings is 1. The quantitative estimate of drug-likeness (QED) is 0.777. The molecule has 1 aromatic rings. The van der Waals surface area contributed by atoms with Crippen LogP contribution in [-0.4, -0.2) is 37.7 Å². The van der Waals surface area contributed by atoms with Crippen molar-refractivity contribution >= 4 is 0 Å². The lowest BCUT2D eigenvalue weighted by Crippen LogP contribution is -2.37. The molecule has 2 rings (SSSR count). The van der Waals surface area contributed by atoms with E-state index in [1.54, 1.807) is 12.1 Å². The highest BCUT2D eigenvalue weighted by atomic mass is 19.1. The van der Waals surface area contributed by atoms with Gasteiger partial charge in [-0.1, -0.05) is 6.07 Å². The second-order valence-electron chi connectivity index (χ2n) is 4.27. The molecule has 0 saturated carbocycles. The van der Waals surface area contributed by atoms with Crippen molar-refractivity contribution in [2.24, 2.45) is 0 Å². The van der Waals surface area contributed by atoms with Crippen LogP contribution in [0.15, 0.2) is 18.2 Å². The molecule has 1 aliphatic heterocycles. The first-order valence-corrected chi connectivity index (χ1v) is 5.81. The Hall–Kier alpha value is -0.930. The molecule has 0 amide bonds. The van der Waals surface area contributed by atoms with Crippen molar-refractivity contribution in [3.05, 3.63) is 35.1 Å². The van der Waals surface area contributed by atoms with E-state index in [1.807, 2.05) is 13.0 Å². The highest BCUT2D eigenvalue weighted by Crippen LogP contribution is 2.11. The number of hydrogen-bond donors (Lipinski definition) is 0. The second-order valence-corrected chi connectivity index (χ2v) is 4.27. The first-order chi connectivity index (χ1) is 7.75. The average molecular weight is 223 g/mol. The van der Waals surface area contributed by atoms with Crippen molar-refractivity contribution in [2.45, 2.75) is 13.3 Å². The van der Waals surface area contributed by atoms with Gasteiger partial charge in [0.05, 0.1) is 13.2 Å². The van der Waals surface area contributed by atoms with Crippen LogP contribution in [0.25, 0.3) is 0 Å². The highest BCUT2D eigenvalue weighted by molar-refractivity contribution is 5.26. The summed E-state index contributed by atoms with van der Waals surface area (Å²) in [5, 5.41) is 0. The van der Waals surface area contributed by atoms with Crippen LogP contribution in [0.4, 0.5) is 4.39 Å². The molecule has 0 N–H and O–H groups in total. The zero-order valence-corrected chi connectivity index (χ0v) is 9.71. The standard InChI is InChI=1S/C13H18FNO/c1-11-10-13(14)3-2-12(11)4-5-15-6-8-16-9-7-15/h2-3,10H,4-9H2,1H3. The van der Waals surface area contributed by atoms with Gasteiger partial charge in [-0.3, -0.25) is 4.90 Å². The van der Waals surface area contributed by atoms with E-state index < -0.39 is 0 Å². The number of nitrogens with zero attached hydrogens (tertiary/aromatic N) is 1. The fourth-order valence-electron chi connectivity index (χ4n) is 2.04. The molecule has 0 radical (unpaired) electrons. The molecule has 1 aromatic carbocycles. The maximum Gasteiger partial charge on any atom is 0.123 e. The molecule has 1 fully saturated rings. The summed E-state index contributed by atoms with van der Waals surface area (Å²) in [6, 6.07) is 5.04. The molecule has 16 heavy (non-hydrogen) atoms. The normalized spacial score (nSPS) is 17.6. The van der Waals surface area contributed by atoms with Gasteiger partial charge in [0.1, 0.15) is 5.82 Å². The van der Waals surface area contributed by atoms with Crippen LogP contribution in [0.1, 0.15) is 11.1 Å². The summed E-state index contributed by atoms with van der Waals surface area (Å²) in [4.78, 5) is 2.40. The SMILES string of the molecule is Cc1cc(F)ccc1CCN1CCOCC1. The van der Waals surface area contributed by atoms with Crippen LogP contribution in [0, 0.1) is 12.7 Å². The zero-order valence-electron chi connectivity index (χ0n) is 9.71. The number of hydrogen-bond acceptors (Lipinski definition) is 2. The summed E-state index contributed by atoms with van der Waals surface area (Å²) < 4.78 is 18.2. The lowest BCUT2D eigenvalue weighted by molar-refractivity contribution is 0.0384. The van der Waals surface area contributed by atoms with Gasteiger partial charge in [-0.05, 0) is 36.6 Å². The predicted octanol–water partition coefficient (Wildman–Crippen LogP) is 2.01. The summed E-state index contributed by atoms with van der Waals surface area (Å²) in [6.07, 6.45) is 0.992. The molecular formula is C13H18FNO. The van der Waals surface area contributed by atoms with Gasteiger partial charge >= 0.3 is 0 Å². The second kappa shape index (κ2) is 5.41. The van der Waals surface area contributed by atoms with Gasteiger partial charge in [-0.2, -0.15) is 0 Å². The van der Waals surface area contributed by atoms with Gasteiger partial charge in [-0.25, -0.2) is 4.39 Å². The van der Waals surface area contributed by atoms with Gasteiger partial charge in [0.2, 0.25) is 0 Å². The summed E-state index contributed by atoms with van der Waals surface area (Å²) in [6.45, 7) is 6.71. The van der Waals surface area contributed by atoms with Gasteiger partial charge < -0.3 is 4.74 Å². The van der Waals surface area contributed by atoms with Crippen LogP contribution in [0.3, 0.4) is 0 Å². The zero-order chi connectivity index (χ0) is 11.4. The Labute approximate surface area is 96.0 Å². The Morgan fingerprint density at radius 3 is 2.75 bits per heavy atom. The van der Waals surface area contributed by atoms with E-state index >= 15 is 0 Å². The third-order valence-corrected chi connectivity index (χ3v) is 3.11. The molecule has 0 aromatic heterocycles. The summed E-state index contributed by atoms with van der Waals surface area (Å²) >= 11 is 0. The van der Waals surface area contributed by atoms with E-state index in [2.05, 4.69) is 4.90 Å². The van der Waals surface area contributed by atoms with E-state index in [1.165, 1.54) is 5.56 Å². The Balaban J connectivity index is 1.88. The molecule has 0 unspecified atom stereocenters. The summed E-state index contributed by atoms with van der Waals surface area (Å²) in [5.41, 5.74) is 2.29. The van der Waals surface area contributed by atoms with Gasteiger partial charge in [0, 0.05) is 19.6 Å². The molecule has 1 aliphatic rings. The maximum atomic E-state index is 12.9. The van der Waals surface area contributed by atoms with E-state index in [-0.39, 0.29) is 5.82 Å². The van der Waals surface area contributed by atoms with Crippen molar-refractivity contribution in [3.63, 3.8) is 0 Å². The Morgan fingerprint density at radius 1 is 1.31 bits per heavy atom. The smallest absolute Gasteiger partial charge is 0.123 e. The van der Waals surface area contributed by atoms with E-state index in [0.29, 0.717) is 0 Å². The van der Waals surface area contributed by atoms with Crippen LogP contribution in [-0.2, 0) is 11.2 Å². The molecule has 0 spiro atoms. The first-order valence-electron chi connectivity index (χ1n) is 5.81. The largest absolute Gasteiger partial charge is 0.379 e. The predicted molar refractivity (Wildman–Crippen MR) is 62.1 cm³/mol. The van der Waals surface area contributed by atoms with E-state index in [4.69, 9.17) is 4.74 Å². The number of rotatable bonds is 3. The minimum Gasteiger partial charge on any atom is -0.379 e. The molecule has 0 atom stereocenters. The van der Waals surface area contributed by atoms with Gasteiger partial charge in [0.15, 0.2) is 0 Å². The van der Waals surface area contributed by atoms with E-state index in [9.17, 15) is 4.39 Å². The Kier molecular flexibility index (Phi) is 3.91. The Morgan fingerprint density at radius 2 is 2.06 bits per heavy atom. The van der Waals surface area contributed by atoms with E-state index in [0.717, 1.165) is 44.8 Å². The van der Waals surface area contributed by atoms with Crippen LogP contribution in [0.5, 0.6) is 0 Å². The third kappa shape index (κ3) is 3.03. The number of ether oxygens (including phenoxy) is 1. The van der Waals surface area contributed by atoms with Crippen LogP contribution in [0.2, 0.25) is 0 Å². The van der Waals surface area contributed by atoms with Crippen molar-refractivity contribution in [3.8, 4) is 0 Å². The Bertz CT molecular complexity index is 348. The fraction of sp³-hybridized carbons (Fsp3) is 0.538. The highest BCUT2D eigenvalue weighted by Gasteiger charge is 2.10. The lowest BCUT2D eigenvalue weighted by atomic mass is 10.1. The summed E-state index contributed by atoms with van der Waals surface area (Å²) in [5.74, 6) is -0.146. The molecule has 88 valence electrons. The maximum absolute atomic E-state index is 12.9. The monoisotopic (exact) mass is 223 g/mol. The molecule has 0 bridgehead atoms. The minimum atomic E-state index is -0.146. The number of halogens is 1. The van der Waals surface area contributed by atoms with Crippen molar-refractivity contribution < 1.29 is 9.13 Å².